The lowest BCUT2D eigenvalue weighted by molar-refractivity contribution is 0.119. The highest BCUT2D eigenvalue weighted by Gasteiger charge is 2.12. The van der Waals surface area contributed by atoms with Gasteiger partial charge in [0.2, 0.25) is 5.88 Å². The van der Waals surface area contributed by atoms with Crippen LogP contribution in [0.2, 0.25) is 0 Å². The third-order valence-electron chi connectivity index (χ3n) is 2.95. The summed E-state index contributed by atoms with van der Waals surface area (Å²) in [5, 5.41) is 3.02. The molecular weight excluding hydrogens is 288 g/mol. The average Bonchev–Trinajstić information content (AvgIpc) is 2.95. The Hall–Kier alpha value is -1.73. The summed E-state index contributed by atoms with van der Waals surface area (Å²) >= 11 is 1.61. The van der Waals surface area contributed by atoms with E-state index >= 15 is 0 Å². The van der Waals surface area contributed by atoms with Crippen molar-refractivity contribution in [2.75, 3.05) is 25.7 Å². The monoisotopic (exact) mass is 308 g/mol. The number of ether oxygens (including phenoxy) is 2. The van der Waals surface area contributed by atoms with E-state index in [0.717, 1.165) is 16.5 Å². The Morgan fingerprint density at radius 1 is 1.33 bits per heavy atom. The molecule has 0 amide bonds. The highest BCUT2D eigenvalue weighted by molar-refractivity contribution is 7.09. The predicted molar refractivity (Wildman–Crippen MR) is 82.8 cm³/mol. The van der Waals surface area contributed by atoms with Crippen molar-refractivity contribution in [1.29, 1.82) is 0 Å². The van der Waals surface area contributed by atoms with Crippen LogP contribution in [0.1, 0.15) is 30.7 Å². The maximum Gasteiger partial charge on any atom is 0.234 e. The zero-order chi connectivity index (χ0) is 15.2. The van der Waals surface area contributed by atoms with Gasteiger partial charge in [-0.25, -0.2) is 4.98 Å². The number of thiazole rings is 1. The number of hydrogen-bond donors (Lipinski definition) is 0. The van der Waals surface area contributed by atoms with Gasteiger partial charge >= 0.3 is 0 Å². The number of methoxy groups -OCH3 is 1. The van der Waals surface area contributed by atoms with Crippen LogP contribution in [0.4, 0.5) is 5.82 Å². The van der Waals surface area contributed by atoms with Crippen LogP contribution in [0.3, 0.4) is 0 Å². The van der Waals surface area contributed by atoms with Gasteiger partial charge in [-0.15, -0.1) is 11.3 Å². The van der Waals surface area contributed by atoms with Gasteiger partial charge in [0.25, 0.3) is 0 Å². The summed E-state index contributed by atoms with van der Waals surface area (Å²) in [6.45, 7) is 5.15. The summed E-state index contributed by atoms with van der Waals surface area (Å²) in [6, 6.07) is 0. The Kier molecular flexibility index (Phi) is 5.46. The molecule has 0 spiro atoms. The van der Waals surface area contributed by atoms with Gasteiger partial charge in [-0.1, -0.05) is 0 Å². The number of rotatable bonds is 7. The predicted octanol–water partition coefficient (Wildman–Crippen LogP) is 2.68. The zero-order valence-electron chi connectivity index (χ0n) is 12.7. The molecule has 0 fully saturated rings. The molecule has 21 heavy (non-hydrogen) atoms. The lowest BCUT2D eigenvalue weighted by Gasteiger charge is -2.17. The minimum atomic E-state index is 0.0233. The molecule has 0 aliphatic heterocycles. The van der Waals surface area contributed by atoms with Crippen LogP contribution in [0.5, 0.6) is 5.88 Å². The van der Waals surface area contributed by atoms with Gasteiger partial charge in [0.1, 0.15) is 11.1 Å². The van der Waals surface area contributed by atoms with E-state index in [4.69, 9.17) is 9.47 Å². The first kappa shape index (κ1) is 15.7. The molecule has 0 aliphatic rings. The molecule has 6 nitrogen and oxygen atoms in total. The van der Waals surface area contributed by atoms with Crippen LogP contribution in [0, 0.1) is 0 Å². The molecule has 114 valence electrons. The Labute approximate surface area is 128 Å². The fourth-order valence-electron chi connectivity index (χ4n) is 1.75. The van der Waals surface area contributed by atoms with E-state index in [1.165, 1.54) is 0 Å². The van der Waals surface area contributed by atoms with Gasteiger partial charge < -0.3 is 14.4 Å². The molecule has 2 heterocycles. The Bertz CT molecular complexity index is 576. The van der Waals surface area contributed by atoms with E-state index in [0.29, 0.717) is 19.0 Å². The minimum Gasteiger partial charge on any atom is -0.477 e. The molecule has 1 atom stereocenters. The lowest BCUT2D eigenvalue weighted by Crippen LogP contribution is -2.18. The zero-order valence-corrected chi connectivity index (χ0v) is 13.6. The largest absolute Gasteiger partial charge is 0.477 e. The number of nitrogens with zero attached hydrogens (tertiary/aromatic N) is 4. The second-order valence-corrected chi connectivity index (χ2v) is 5.45. The third-order valence-corrected chi connectivity index (χ3v) is 4.01. The van der Waals surface area contributed by atoms with Gasteiger partial charge in [0.05, 0.1) is 31.2 Å². The standard InChI is InChI=1S/C14H20N4O2S/c1-5-20-13-7-15-6-12(17-13)18(3)8-11-9-21-14(16-11)10(2)19-4/h6-7,9-10H,5,8H2,1-4H3. The van der Waals surface area contributed by atoms with Gasteiger partial charge in [-0.05, 0) is 13.8 Å². The molecule has 0 aliphatic carbocycles. The minimum absolute atomic E-state index is 0.0233. The van der Waals surface area contributed by atoms with Crippen LogP contribution in [0.15, 0.2) is 17.8 Å². The summed E-state index contributed by atoms with van der Waals surface area (Å²) in [7, 11) is 3.64. The van der Waals surface area contributed by atoms with Gasteiger partial charge in [-0.3, -0.25) is 4.98 Å². The van der Waals surface area contributed by atoms with Gasteiger partial charge in [0, 0.05) is 19.5 Å². The Balaban J connectivity index is 2.05. The molecule has 0 radical (unpaired) electrons. The summed E-state index contributed by atoms with van der Waals surface area (Å²) < 4.78 is 10.6. The lowest BCUT2D eigenvalue weighted by atomic mass is 10.4. The maximum atomic E-state index is 5.37. The van der Waals surface area contributed by atoms with Crippen molar-refractivity contribution in [2.45, 2.75) is 26.5 Å². The highest BCUT2D eigenvalue weighted by atomic mass is 32.1. The highest BCUT2D eigenvalue weighted by Crippen LogP contribution is 2.22. The molecule has 1 unspecified atom stereocenters. The van der Waals surface area contributed by atoms with Crippen LogP contribution in [-0.4, -0.2) is 35.7 Å². The summed E-state index contributed by atoms with van der Waals surface area (Å²) in [5.74, 6) is 1.30. The average molecular weight is 308 g/mol. The van der Waals surface area contributed by atoms with E-state index in [9.17, 15) is 0 Å². The first-order chi connectivity index (χ1) is 10.1. The van der Waals surface area contributed by atoms with E-state index in [1.807, 2.05) is 31.2 Å². The maximum absolute atomic E-state index is 5.37. The van der Waals surface area contributed by atoms with Crippen LogP contribution in [0.25, 0.3) is 0 Å². The Morgan fingerprint density at radius 2 is 2.14 bits per heavy atom. The number of anilines is 1. The molecule has 0 saturated heterocycles. The van der Waals surface area contributed by atoms with Crippen molar-refractivity contribution in [1.82, 2.24) is 15.0 Å². The first-order valence-corrected chi connectivity index (χ1v) is 7.65. The van der Waals surface area contributed by atoms with Crippen molar-refractivity contribution >= 4 is 17.2 Å². The first-order valence-electron chi connectivity index (χ1n) is 6.77. The van der Waals surface area contributed by atoms with E-state index in [2.05, 4.69) is 15.0 Å². The smallest absolute Gasteiger partial charge is 0.234 e. The van der Waals surface area contributed by atoms with Gasteiger partial charge in [-0.2, -0.15) is 4.98 Å². The van der Waals surface area contributed by atoms with Crippen molar-refractivity contribution < 1.29 is 9.47 Å². The molecule has 0 saturated carbocycles. The number of hydrogen-bond acceptors (Lipinski definition) is 7. The molecule has 2 rings (SSSR count). The molecular formula is C14H20N4O2S. The fraction of sp³-hybridized carbons (Fsp3) is 0.500. The topological polar surface area (TPSA) is 60.4 Å². The van der Waals surface area contributed by atoms with Crippen LogP contribution < -0.4 is 9.64 Å². The summed E-state index contributed by atoms with van der Waals surface area (Å²) in [6.07, 6.45) is 3.35. The second-order valence-electron chi connectivity index (χ2n) is 4.56. The van der Waals surface area contributed by atoms with E-state index in [-0.39, 0.29) is 6.10 Å². The number of aromatic nitrogens is 3. The van der Waals surface area contributed by atoms with Crippen molar-refractivity contribution in [3.05, 3.63) is 28.5 Å². The molecule has 0 bridgehead atoms. The molecule has 2 aromatic heterocycles. The normalized spacial score (nSPS) is 12.2. The molecule has 0 aromatic carbocycles. The molecule has 0 N–H and O–H groups in total. The summed E-state index contributed by atoms with van der Waals surface area (Å²) in [4.78, 5) is 15.1. The quantitative estimate of drug-likeness (QED) is 0.784. The van der Waals surface area contributed by atoms with Crippen molar-refractivity contribution in [2.24, 2.45) is 0 Å². The van der Waals surface area contributed by atoms with Crippen LogP contribution in [-0.2, 0) is 11.3 Å². The molecule has 2 aromatic rings. The SMILES string of the molecule is CCOc1cncc(N(C)Cc2csc(C(C)OC)n2)n1. The second kappa shape index (κ2) is 7.33. The van der Waals surface area contributed by atoms with Gasteiger partial charge in [0.15, 0.2) is 5.82 Å². The Morgan fingerprint density at radius 3 is 2.86 bits per heavy atom. The summed E-state index contributed by atoms with van der Waals surface area (Å²) in [5.41, 5.74) is 0.991. The molecule has 7 heteroatoms. The van der Waals surface area contributed by atoms with Crippen molar-refractivity contribution in [3.63, 3.8) is 0 Å². The fourth-order valence-corrected chi connectivity index (χ4v) is 2.59. The third kappa shape index (κ3) is 4.12. The van der Waals surface area contributed by atoms with Crippen molar-refractivity contribution in [3.8, 4) is 5.88 Å². The van der Waals surface area contributed by atoms with E-state index < -0.39 is 0 Å². The van der Waals surface area contributed by atoms with E-state index in [1.54, 1.807) is 30.8 Å². The van der Waals surface area contributed by atoms with Crippen LogP contribution >= 0.6 is 11.3 Å².